The molecule has 5 nitrogen and oxygen atoms in total. The number of nitrogens with one attached hydrogen (secondary N) is 2. The summed E-state index contributed by atoms with van der Waals surface area (Å²) in [6, 6.07) is 9.36. The Balaban J connectivity index is 2.16. The van der Waals surface area contributed by atoms with Crippen LogP contribution >= 0.6 is 0 Å². The molecular formula is C15H22N2O3. The van der Waals surface area contributed by atoms with Crippen molar-refractivity contribution in [2.45, 2.75) is 32.3 Å². The second kappa shape index (κ2) is 9.09. The van der Waals surface area contributed by atoms with Gasteiger partial charge in [-0.1, -0.05) is 37.3 Å². The van der Waals surface area contributed by atoms with Gasteiger partial charge < -0.3 is 15.7 Å². The van der Waals surface area contributed by atoms with E-state index in [1.165, 1.54) is 0 Å². The molecule has 0 bridgehead atoms. The molecule has 1 aromatic rings. The van der Waals surface area contributed by atoms with Crippen molar-refractivity contribution in [2.75, 3.05) is 13.1 Å². The number of amides is 2. The molecule has 110 valence electrons. The highest BCUT2D eigenvalue weighted by molar-refractivity contribution is 5.85. The van der Waals surface area contributed by atoms with Crippen molar-refractivity contribution in [2.24, 2.45) is 0 Å². The lowest BCUT2D eigenvalue weighted by atomic mass is 10.1. The Morgan fingerprint density at radius 1 is 1.15 bits per heavy atom. The van der Waals surface area contributed by atoms with Crippen LogP contribution in [0.2, 0.25) is 0 Å². The van der Waals surface area contributed by atoms with Gasteiger partial charge in [0, 0.05) is 6.54 Å². The fourth-order valence-electron chi connectivity index (χ4n) is 1.67. The molecule has 2 amide bonds. The predicted octanol–water partition coefficient (Wildman–Crippen LogP) is 0.623. The second-order valence-corrected chi connectivity index (χ2v) is 4.64. The maximum absolute atomic E-state index is 11.6. The third kappa shape index (κ3) is 6.89. The van der Waals surface area contributed by atoms with Crippen LogP contribution in [0.3, 0.4) is 0 Å². The molecule has 1 unspecified atom stereocenters. The zero-order chi connectivity index (χ0) is 14.8. The van der Waals surface area contributed by atoms with E-state index < -0.39 is 0 Å². The fourth-order valence-corrected chi connectivity index (χ4v) is 1.67. The number of hydrogen-bond acceptors (Lipinski definition) is 3. The van der Waals surface area contributed by atoms with Gasteiger partial charge in [0.2, 0.25) is 11.8 Å². The summed E-state index contributed by atoms with van der Waals surface area (Å²) in [5.41, 5.74) is 0.913. The Morgan fingerprint density at radius 3 is 2.50 bits per heavy atom. The quantitative estimate of drug-likeness (QED) is 0.652. The number of rotatable bonds is 8. The molecule has 0 saturated heterocycles. The topological polar surface area (TPSA) is 78.4 Å². The lowest BCUT2D eigenvalue weighted by Crippen LogP contribution is -2.38. The van der Waals surface area contributed by atoms with Crippen molar-refractivity contribution in [1.82, 2.24) is 10.6 Å². The number of aliphatic hydroxyl groups excluding tert-OH is 1. The smallest absolute Gasteiger partial charge is 0.239 e. The second-order valence-electron chi connectivity index (χ2n) is 4.64. The molecule has 0 aliphatic heterocycles. The molecular weight excluding hydrogens is 256 g/mol. The van der Waals surface area contributed by atoms with E-state index in [1.807, 2.05) is 37.3 Å². The molecule has 0 spiro atoms. The zero-order valence-electron chi connectivity index (χ0n) is 11.8. The summed E-state index contributed by atoms with van der Waals surface area (Å²) >= 11 is 0. The summed E-state index contributed by atoms with van der Waals surface area (Å²) in [7, 11) is 0. The minimum Gasteiger partial charge on any atom is -0.393 e. The lowest BCUT2D eigenvalue weighted by molar-refractivity contribution is -0.125. The van der Waals surface area contributed by atoms with Crippen LogP contribution in [0.25, 0.3) is 0 Å². The summed E-state index contributed by atoms with van der Waals surface area (Å²) in [6.45, 7) is 2.27. The molecule has 1 aromatic carbocycles. The van der Waals surface area contributed by atoms with Crippen LogP contribution < -0.4 is 10.6 Å². The molecule has 1 rings (SSSR count). The average Bonchev–Trinajstić information content (AvgIpc) is 2.46. The van der Waals surface area contributed by atoms with Crippen molar-refractivity contribution in [3.8, 4) is 0 Å². The van der Waals surface area contributed by atoms with Gasteiger partial charge in [0.05, 0.1) is 19.1 Å². The molecule has 5 heteroatoms. The highest BCUT2D eigenvalue weighted by atomic mass is 16.3. The highest BCUT2D eigenvalue weighted by Crippen LogP contribution is 1.98. The van der Waals surface area contributed by atoms with Crippen molar-refractivity contribution in [1.29, 1.82) is 0 Å². The van der Waals surface area contributed by atoms with E-state index in [0.29, 0.717) is 19.4 Å². The van der Waals surface area contributed by atoms with Gasteiger partial charge in [-0.15, -0.1) is 0 Å². The minimum absolute atomic E-state index is 0.0338. The number of carbonyl (C=O) groups excluding carboxylic acids is 2. The van der Waals surface area contributed by atoms with Crippen molar-refractivity contribution < 1.29 is 14.7 Å². The molecule has 0 heterocycles. The van der Waals surface area contributed by atoms with E-state index in [-0.39, 0.29) is 30.9 Å². The average molecular weight is 278 g/mol. The van der Waals surface area contributed by atoms with Crippen LogP contribution in [0.15, 0.2) is 30.3 Å². The molecule has 0 fully saturated rings. The largest absolute Gasteiger partial charge is 0.393 e. The Bertz CT molecular complexity index is 420. The van der Waals surface area contributed by atoms with Crippen LogP contribution in [0, 0.1) is 0 Å². The third-order valence-corrected chi connectivity index (χ3v) is 2.92. The lowest BCUT2D eigenvalue weighted by Gasteiger charge is -2.09. The van der Waals surface area contributed by atoms with E-state index in [2.05, 4.69) is 10.6 Å². The van der Waals surface area contributed by atoms with Crippen LogP contribution in [0.4, 0.5) is 0 Å². The molecule has 0 aliphatic rings. The fraction of sp³-hybridized carbons (Fsp3) is 0.467. The van der Waals surface area contributed by atoms with Crippen LogP contribution in [0.1, 0.15) is 25.3 Å². The normalized spacial score (nSPS) is 11.7. The Labute approximate surface area is 119 Å². The van der Waals surface area contributed by atoms with E-state index in [4.69, 9.17) is 0 Å². The first kappa shape index (κ1) is 16.2. The minimum atomic E-state index is -0.386. The van der Waals surface area contributed by atoms with E-state index in [0.717, 1.165) is 5.56 Å². The maximum Gasteiger partial charge on any atom is 0.239 e. The summed E-state index contributed by atoms with van der Waals surface area (Å²) in [4.78, 5) is 23.1. The Kier molecular flexibility index (Phi) is 7.35. The summed E-state index contributed by atoms with van der Waals surface area (Å²) in [5, 5.41) is 14.6. The zero-order valence-corrected chi connectivity index (χ0v) is 11.8. The first-order valence-electron chi connectivity index (χ1n) is 6.87. The molecule has 0 aromatic heterocycles. The number of hydrogen-bond donors (Lipinski definition) is 3. The maximum atomic E-state index is 11.6. The molecule has 20 heavy (non-hydrogen) atoms. The summed E-state index contributed by atoms with van der Waals surface area (Å²) in [5.74, 6) is -0.422. The van der Waals surface area contributed by atoms with E-state index >= 15 is 0 Å². The van der Waals surface area contributed by atoms with Gasteiger partial charge in [-0.25, -0.2) is 0 Å². The first-order chi connectivity index (χ1) is 9.61. The SMILES string of the molecule is CCC(O)CCNC(=O)CNC(=O)Cc1ccccc1. The van der Waals surface area contributed by atoms with Gasteiger partial charge in [0.15, 0.2) is 0 Å². The van der Waals surface area contributed by atoms with Crippen molar-refractivity contribution >= 4 is 11.8 Å². The molecule has 3 N–H and O–H groups in total. The van der Waals surface area contributed by atoms with Gasteiger partial charge in [0.25, 0.3) is 0 Å². The van der Waals surface area contributed by atoms with E-state index in [1.54, 1.807) is 0 Å². The van der Waals surface area contributed by atoms with Crippen LogP contribution in [-0.2, 0) is 16.0 Å². The van der Waals surface area contributed by atoms with E-state index in [9.17, 15) is 14.7 Å². The molecule has 0 saturated carbocycles. The first-order valence-corrected chi connectivity index (χ1v) is 6.87. The Hall–Kier alpha value is -1.88. The summed E-state index contributed by atoms with van der Waals surface area (Å²) < 4.78 is 0. The standard InChI is InChI=1S/C15H22N2O3/c1-2-13(18)8-9-16-15(20)11-17-14(19)10-12-6-4-3-5-7-12/h3-7,13,18H,2,8-11H2,1H3,(H,16,20)(H,17,19). The number of aliphatic hydroxyl groups is 1. The van der Waals surface area contributed by atoms with Crippen molar-refractivity contribution in [3.63, 3.8) is 0 Å². The monoisotopic (exact) mass is 278 g/mol. The predicted molar refractivity (Wildman–Crippen MR) is 77.1 cm³/mol. The van der Waals surface area contributed by atoms with Crippen LogP contribution in [0.5, 0.6) is 0 Å². The van der Waals surface area contributed by atoms with Crippen LogP contribution in [-0.4, -0.2) is 36.1 Å². The Morgan fingerprint density at radius 2 is 1.85 bits per heavy atom. The number of benzene rings is 1. The van der Waals surface area contributed by atoms with Gasteiger partial charge in [0.1, 0.15) is 0 Å². The highest BCUT2D eigenvalue weighted by Gasteiger charge is 2.07. The van der Waals surface area contributed by atoms with Crippen molar-refractivity contribution in [3.05, 3.63) is 35.9 Å². The number of carbonyl (C=O) groups is 2. The summed E-state index contributed by atoms with van der Waals surface area (Å²) in [6.07, 6.45) is 1.08. The van der Waals surface area contributed by atoms with Gasteiger partial charge in [-0.3, -0.25) is 9.59 Å². The van der Waals surface area contributed by atoms with Gasteiger partial charge in [-0.2, -0.15) is 0 Å². The third-order valence-electron chi connectivity index (χ3n) is 2.92. The van der Waals surface area contributed by atoms with Gasteiger partial charge >= 0.3 is 0 Å². The molecule has 0 radical (unpaired) electrons. The van der Waals surface area contributed by atoms with Gasteiger partial charge in [-0.05, 0) is 18.4 Å². The molecule has 1 atom stereocenters. The molecule has 0 aliphatic carbocycles.